The predicted octanol–water partition coefficient (Wildman–Crippen LogP) is 4.80. The van der Waals surface area contributed by atoms with Gasteiger partial charge in [-0.1, -0.05) is 78.2 Å². The number of guanidine groups is 1. The monoisotopic (exact) mass is 552 g/mol. The van der Waals surface area contributed by atoms with Gasteiger partial charge >= 0.3 is 55.8 Å². The first-order valence-electron chi connectivity index (χ1n) is 13.4. The molecule has 0 bridgehead atoms. The van der Waals surface area contributed by atoms with Gasteiger partial charge in [-0.15, -0.1) is 0 Å². The number of hydrogen-bond donors (Lipinski definition) is 3. The molecule has 0 amide bonds. The van der Waals surface area contributed by atoms with E-state index < -0.39 is 24.1 Å². The van der Waals surface area contributed by atoms with Gasteiger partial charge in [-0.3, -0.25) is 4.99 Å². The van der Waals surface area contributed by atoms with Crippen LogP contribution in [0.1, 0.15) is 108 Å². The smallest absolute Gasteiger partial charge is 1.00 e. The summed E-state index contributed by atoms with van der Waals surface area (Å²) in [5, 5.41) is 0. The molecule has 0 fully saturated rings. The topological polar surface area (TPSA) is 160 Å². The molecule has 0 radical (unpaired) electrons. The van der Waals surface area contributed by atoms with E-state index in [1.807, 2.05) is 6.92 Å². The van der Waals surface area contributed by atoms with Crippen molar-refractivity contribution in [2.45, 2.75) is 111 Å². The number of aliphatic imine (C=N–C) groups is 1. The van der Waals surface area contributed by atoms with E-state index in [9.17, 15) is 14.4 Å². The Kier molecular flexibility index (Phi) is 23.4. The second-order valence-electron chi connectivity index (χ2n) is 10.5. The number of allylic oxidation sites excluding steroid dienone is 1. The van der Waals surface area contributed by atoms with Crippen LogP contribution < -0.4 is 17.2 Å². The number of hydrogen-bond acceptors (Lipinski definition) is 7. The summed E-state index contributed by atoms with van der Waals surface area (Å²) in [4.78, 5) is 39.2. The summed E-state index contributed by atoms with van der Waals surface area (Å²) in [5.41, 5.74) is 16.9. The molecule has 0 aliphatic heterocycles. The third-order valence-corrected chi connectivity index (χ3v) is 6.14. The Labute approximate surface area is 256 Å². The molecule has 0 aliphatic rings. The van der Waals surface area contributed by atoms with Crippen molar-refractivity contribution in [1.29, 1.82) is 0 Å². The maximum Gasteiger partial charge on any atom is 2.00 e. The zero-order valence-corrected chi connectivity index (χ0v) is 26.0. The van der Waals surface area contributed by atoms with E-state index in [2.05, 4.69) is 42.2 Å². The van der Waals surface area contributed by atoms with E-state index in [1.54, 1.807) is 0 Å². The molecule has 9 nitrogen and oxygen atoms in total. The summed E-state index contributed by atoms with van der Waals surface area (Å²) < 4.78 is 9.02. The van der Waals surface area contributed by atoms with Crippen molar-refractivity contribution in [3.05, 3.63) is 11.6 Å². The normalized spacial score (nSPS) is 13.8. The van der Waals surface area contributed by atoms with Crippen LogP contribution in [0.3, 0.4) is 0 Å². The molecule has 212 valence electrons. The minimum atomic E-state index is -1.39. The van der Waals surface area contributed by atoms with Crippen molar-refractivity contribution < 1.29 is 26.7 Å². The van der Waals surface area contributed by atoms with E-state index >= 15 is 0 Å². The van der Waals surface area contributed by atoms with Gasteiger partial charge in [0.15, 0.2) is 5.96 Å². The van der Waals surface area contributed by atoms with Crippen molar-refractivity contribution in [2.75, 3.05) is 6.54 Å². The summed E-state index contributed by atoms with van der Waals surface area (Å²) in [6.45, 7) is 11.3. The molecule has 0 aromatic carbocycles. The molecule has 0 saturated heterocycles. The van der Waals surface area contributed by atoms with Crippen LogP contribution in [-0.4, -0.2) is 74.4 Å². The maximum atomic E-state index is 11.9. The number of rotatable bonds is 18. The number of esters is 2. The first-order chi connectivity index (χ1) is 16.9. The molecule has 0 heterocycles. The minimum Gasteiger partial charge on any atom is -1.00 e. The van der Waals surface area contributed by atoms with Gasteiger partial charge in [-0.2, -0.15) is 0 Å². The SMILES string of the molecule is C/C(=C\C(=O)OC(=O)OC(=O)C(N)CCCN=C(N)N)CCC[C@H](C)CCC[C@H](C)CCCC(C)C.[Ca+2].[H-].[H-]. The third kappa shape index (κ3) is 23.7. The van der Waals surface area contributed by atoms with Crippen molar-refractivity contribution >= 4 is 61.8 Å². The molecule has 0 aromatic rings. The molecule has 3 atom stereocenters. The molecule has 0 aliphatic carbocycles. The molecular weight excluding hydrogens is 500 g/mol. The standard InChI is InChI=1S/C27H50N4O5.Ca.2H/c1-19(2)10-6-11-20(3)12-7-13-21(4)14-8-15-22(5)18-24(32)35-27(34)36-25(33)23(28)16-9-17-31-26(29)30;;;/h18-21,23H,6-17,28H2,1-5H3,(H4,29,30,31);;;/q;+2;2*-1/b22-18+;;;/t20-,21-,23?;;;/m1.../s1. The van der Waals surface area contributed by atoms with Gasteiger partial charge in [0.05, 0.1) is 0 Å². The molecule has 37 heavy (non-hydrogen) atoms. The van der Waals surface area contributed by atoms with E-state index in [1.165, 1.54) is 44.6 Å². The van der Waals surface area contributed by atoms with Crippen LogP contribution in [-0.2, 0) is 19.1 Å². The fourth-order valence-corrected chi connectivity index (χ4v) is 3.91. The number of ether oxygens (including phenoxy) is 2. The first-order valence-corrected chi connectivity index (χ1v) is 13.4. The van der Waals surface area contributed by atoms with Gasteiger partial charge in [0.25, 0.3) is 0 Å². The van der Waals surface area contributed by atoms with Gasteiger partial charge in [0.2, 0.25) is 0 Å². The Morgan fingerprint density at radius 3 is 1.92 bits per heavy atom. The van der Waals surface area contributed by atoms with Crippen LogP contribution in [0.2, 0.25) is 0 Å². The fraction of sp³-hybridized carbons (Fsp3) is 0.778. The van der Waals surface area contributed by atoms with Crippen molar-refractivity contribution in [3.8, 4) is 0 Å². The summed E-state index contributed by atoms with van der Waals surface area (Å²) >= 11 is 0. The van der Waals surface area contributed by atoms with Crippen LogP contribution >= 0.6 is 0 Å². The molecule has 0 rings (SSSR count). The molecule has 0 saturated carbocycles. The second kappa shape index (κ2) is 22.8. The largest absolute Gasteiger partial charge is 2.00 e. The van der Waals surface area contributed by atoms with Crippen LogP contribution in [0.5, 0.6) is 0 Å². The van der Waals surface area contributed by atoms with Gasteiger partial charge < -0.3 is 29.5 Å². The third-order valence-electron chi connectivity index (χ3n) is 6.14. The van der Waals surface area contributed by atoms with Gasteiger partial charge in [-0.25, -0.2) is 14.4 Å². The summed E-state index contributed by atoms with van der Waals surface area (Å²) in [6, 6.07) is -1.05. The van der Waals surface area contributed by atoms with Crippen LogP contribution in [0, 0.1) is 17.8 Å². The van der Waals surface area contributed by atoms with E-state index in [0.717, 1.165) is 36.7 Å². The van der Waals surface area contributed by atoms with E-state index in [0.29, 0.717) is 18.9 Å². The molecule has 6 N–H and O–H groups in total. The number of carbonyl (C=O) groups excluding carboxylic acids is 3. The van der Waals surface area contributed by atoms with Crippen LogP contribution in [0.15, 0.2) is 16.6 Å². The summed E-state index contributed by atoms with van der Waals surface area (Å²) in [7, 11) is 0. The number of nitrogens with two attached hydrogens (primary N) is 3. The van der Waals surface area contributed by atoms with Crippen molar-refractivity contribution in [3.63, 3.8) is 0 Å². The van der Waals surface area contributed by atoms with Gasteiger partial charge in [-0.05, 0) is 50.4 Å². The molecule has 10 heteroatoms. The number of carbonyl (C=O) groups is 3. The van der Waals surface area contributed by atoms with Gasteiger partial charge in [0, 0.05) is 12.6 Å². The minimum absolute atomic E-state index is 0. The average Bonchev–Trinajstić information content (AvgIpc) is 2.75. The maximum absolute atomic E-state index is 11.9. The Balaban J connectivity index is -0.00000204. The van der Waals surface area contributed by atoms with Crippen LogP contribution in [0.25, 0.3) is 0 Å². The molecule has 0 aromatic heterocycles. The second-order valence-corrected chi connectivity index (χ2v) is 10.5. The quantitative estimate of drug-likeness (QED) is 0.0415. The van der Waals surface area contributed by atoms with E-state index in [-0.39, 0.29) is 53.0 Å². The Morgan fingerprint density at radius 2 is 1.38 bits per heavy atom. The Morgan fingerprint density at radius 1 is 0.838 bits per heavy atom. The van der Waals surface area contributed by atoms with Crippen LogP contribution in [0.4, 0.5) is 4.79 Å². The van der Waals surface area contributed by atoms with Gasteiger partial charge in [0.1, 0.15) is 6.04 Å². The summed E-state index contributed by atoms with van der Waals surface area (Å²) in [6.07, 6.45) is 11.0. The predicted molar refractivity (Wildman–Crippen MR) is 152 cm³/mol. The zero-order valence-electron chi connectivity index (χ0n) is 25.8. The first kappa shape index (κ1) is 38.0. The molecule has 1 unspecified atom stereocenters. The Bertz CT molecular complexity index is 735. The zero-order chi connectivity index (χ0) is 27.5. The fourth-order valence-electron chi connectivity index (χ4n) is 3.91. The van der Waals surface area contributed by atoms with E-state index in [4.69, 9.17) is 17.2 Å². The molecular formula is C27H52CaN4O5. The summed E-state index contributed by atoms with van der Waals surface area (Å²) in [5.74, 6) is 0.318. The van der Waals surface area contributed by atoms with Crippen molar-refractivity contribution in [1.82, 2.24) is 0 Å². The number of nitrogens with zero attached hydrogens (tertiary/aromatic N) is 1. The Hall–Kier alpha value is -1.16. The molecule has 0 spiro atoms. The average molecular weight is 553 g/mol. The van der Waals surface area contributed by atoms with Crippen molar-refractivity contribution in [2.24, 2.45) is 39.9 Å².